The van der Waals surface area contributed by atoms with E-state index in [1.165, 1.54) is 0 Å². The summed E-state index contributed by atoms with van der Waals surface area (Å²) in [4.78, 5) is 11.0. The van der Waals surface area contributed by atoms with Gasteiger partial charge in [0.2, 0.25) is 5.91 Å². The molecule has 1 aromatic carbocycles. The second kappa shape index (κ2) is 5.52. The number of carbonyl (C=O) groups is 1. The summed E-state index contributed by atoms with van der Waals surface area (Å²) in [7, 11) is 0. The van der Waals surface area contributed by atoms with Gasteiger partial charge in [-0.2, -0.15) is 0 Å². The fourth-order valence-corrected chi connectivity index (χ4v) is 2.25. The van der Waals surface area contributed by atoms with Crippen molar-refractivity contribution in [1.29, 1.82) is 0 Å². The van der Waals surface area contributed by atoms with E-state index in [-0.39, 0.29) is 18.1 Å². The Balaban J connectivity index is 2.01. The van der Waals surface area contributed by atoms with E-state index in [0.717, 1.165) is 23.4 Å². The summed E-state index contributed by atoms with van der Waals surface area (Å²) in [5.41, 5.74) is 1.12. The van der Waals surface area contributed by atoms with E-state index in [9.17, 15) is 4.79 Å². The summed E-state index contributed by atoms with van der Waals surface area (Å²) in [6, 6.07) is 7.89. The first kappa shape index (κ1) is 12.4. The van der Waals surface area contributed by atoms with Crippen molar-refractivity contribution in [2.75, 3.05) is 6.61 Å². The SMILES string of the molecule is CC(=O)N[C@@H]1CCO[C@H](c2ccc(Cl)cc2)C1. The molecule has 1 aliphatic rings. The lowest BCUT2D eigenvalue weighted by Gasteiger charge is -2.30. The second-order valence-electron chi connectivity index (χ2n) is 4.33. The molecule has 0 bridgehead atoms. The molecule has 17 heavy (non-hydrogen) atoms. The van der Waals surface area contributed by atoms with Gasteiger partial charge in [-0.05, 0) is 30.5 Å². The van der Waals surface area contributed by atoms with Gasteiger partial charge < -0.3 is 10.1 Å². The molecule has 0 saturated carbocycles. The van der Waals surface area contributed by atoms with Crippen molar-refractivity contribution in [3.8, 4) is 0 Å². The summed E-state index contributed by atoms with van der Waals surface area (Å²) in [5.74, 6) is 0.0201. The van der Waals surface area contributed by atoms with Crippen LogP contribution >= 0.6 is 11.6 Å². The van der Waals surface area contributed by atoms with Gasteiger partial charge in [0, 0.05) is 24.6 Å². The van der Waals surface area contributed by atoms with Crippen LogP contribution in [0.3, 0.4) is 0 Å². The Labute approximate surface area is 106 Å². The molecule has 0 aromatic heterocycles. The fraction of sp³-hybridized carbons (Fsp3) is 0.462. The number of amides is 1. The van der Waals surface area contributed by atoms with E-state index in [0.29, 0.717) is 6.61 Å². The molecule has 2 rings (SSSR count). The van der Waals surface area contributed by atoms with Gasteiger partial charge in [0.05, 0.1) is 6.10 Å². The lowest BCUT2D eigenvalue weighted by molar-refractivity contribution is -0.120. The van der Waals surface area contributed by atoms with Crippen LogP contribution in [-0.4, -0.2) is 18.6 Å². The quantitative estimate of drug-likeness (QED) is 0.880. The first-order valence-corrected chi connectivity index (χ1v) is 6.17. The molecule has 2 atom stereocenters. The number of benzene rings is 1. The lowest BCUT2D eigenvalue weighted by atomic mass is 9.97. The summed E-state index contributed by atoms with van der Waals surface area (Å²) in [6.45, 7) is 2.23. The normalized spacial score (nSPS) is 24.4. The van der Waals surface area contributed by atoms with Crippen LogP contribution in [0.5, 0.6) is 0 Å². The molecule has 1 saturated heterocycles. The van der Waals surface area contributed by atoms with E-state index in [4.69, 9.17) is 16.3 Å². The van der Waals surface area contributed by atoms with E-state index in [1.54, 1.807) is 6.92 Å². The number of carbonyl (C=O) groups excluding carboxylic acids is 1. The Hall–Kier alpha value is -1.06. The predicted octanol–water partition coefficient (Wildman–Crippen LogP) is 2.70. The Morgan fingerprint density at radius 3 is 2.76 bits per heavy atom. The van der Waals surface area contributed by atoms with Crippen LogP contribution in [0.1, 0.15) is 31.4 Å². The molecule has 92 valence electrons. The maximum atomic E-state index is 11.0. The van der Waals surface area contributed by atoms with Gasteiger partial charge in [0.25, 0.3) is 0 Å². The fourth-order valence-electron chi connectivity index (χ4n) is 2.13. The molecule has 1 aliphatic heterocycles. The number of halogens is 1. The zero-order chi connectivity index (χ0) is 12.3. The van der Waals surface area contributed by atoms with Crippen molar-refractivity contribution >= 4 is 17.5 Å². The van der Waals surface area contributed by atoms with Gasteiger partial charge in [-0.1, -0.05) is 23.7 Å². The topological polar surface area (TPSA) is 38.3 Å². The van der Waals surface area contributed by atoms with E-state index in [1.807, 2.05) is 24.3 Å². The molecular formula is C13H16ClNO2. The van der Waals surface area contributed by atoms with Gasteiger partial charge in [-0.25, -0.2) is 0 Å². The Morgan fingerprint density at radius 1 is 1.41 bits per heavy atom. The predicted molar refractivity (Wildman–Crippen MR) is 67.0 cm³/mol. The highest BCUT2D eigenvalue weighted by Crippen LogP contribution is 2.28. The number of ether oxygens (including phenoxy) is 1. The van der Waals surface area contributed by atoms with E-state index in [2.05, 4.69) is 5.32 Å². The van der Waals surface area contributed by atoms with Crippen molar-refractivity contribution in [3.05, 3.63) is 34.9 Å². The highest BCUT2D eigenvalue weighted by molar-refractivity contribution is 6.30. The van der Waals surface area contributed by atoms with Gasteiger partial charge >= 0.3 is 0 Å². The average molecular weight is 254 g/mol. The van der Waals surface area contributed by atoms with E-state index >= 15 is 0 Å². The van der Waals surface area contributed by atoms with Crippen molar-refractivity contribution in [1.82, 2.24) is 5.32 Å². The molecule has 0 unspecified atom stereocenters. The number of nitrogens with one attached hydrogen (secondary N) is 1. The molecule has 1 amide bonds. The third-order valence-corrected chi connectivity index (χ3v) is 3.19. The van der Waals surface area contributed by atoms with Crippen molar-refractivity contribution in [3.63, 3.8) is 0 Å². The summed E-state index contributed by atoms with van der Waals surface area (Å²) >= 11 is 5.85. The highest BCUT2D eigenvalue weighted by Gasteiger charge is 2.24. The minimum Gasteiger partial charge on any atom is -0.373 e. The monoisotopic (exact) mass is 253 g/mol. The van der Waals surface area contributed by atoms with Crippen LogP contribution in [-0.2, 0) is 9.53 Å². The van der Waals surface area contributed by atoms with Crippen LogP contribution in [0.15, 0.2) is 24.3 Å². The Bertz CT molecular complexity index is 391. The van der Waals surface area contributed by atoms with Gasteiger partial charge in [-0.15, -0.1) is 0 Å². The molecule has 0 radical (unpaired) electrons. The van der Waals surface area contributed by atoms with Crippen LogP contribution in [0.2, 0.25) is 5.02 Å². The maximum absolute atomic E-state index is 11.0. The zero-order valence-electron chi connectivity index (χ0n) is 9.78. The van der Waals surface area contributed by atoms with Crippen molar-refractivity contribution in [2.45, 2.75) is 31.9 Å². The molecule has 3 nitrogen and oxygen atoms in total. The van der Waals surface area contributed by atoms with Crippen LogP contribution in [0, 0.1) is 0 Å². The molecule has 1 N–H and O–H groups in total. The molecule has 0 aliphatic carbocycles. The summed E-state index contributed by atoms with van der Waals surface area (Å²) < 4.78 is 5.72. The van der Waals surface area contributed by atoms with Crippen molar-refractivity contribution < 1.29 is 9.53 Å². The second-order valence-corrected chi connectivity index (χ2v) is 4.77. The summed E-state index contributed by atoms with van der Waals surface area (Å²) in [5, 5.41) is 3.67. The molecule has 0 spiro atoms. The standard InChI is InChI=1S/C13H16ClNO2/c1-9(16)15-12-6-7-17-13(8-12)10-2-4-11(14)5-3-10/h2-5,12-13H,6-8H2,1H3,(H,15,16)/t12-,13+/m1/s1. The van der Waals surface area contributed by atoms with Gasteiger partial charge in [0.15, 0.2) is 0 Å². The van der Waals surface area contributed by atoms with Crippen LogP contribution < -0.4 is 5.32 Å². The Morgan fingerprint density at radius 2 is 2.12 bits per heavy atom. The molecule has 1 aromatic rings. The smallest absolute Gasteiger partial charge is 0.217 e. The molecule has 4 heteroatoms. The maximum Gasteiger partial charge on any atom is 0.217 e. The lowest BCUT2D eigenvalue weighted by Crippen LogP contribution is -2.38. The van der Waals surface area contributed by atoms with Crippen LogP contribution in [0.25, 0.3) is 0 Å². The van der Waals surface area contributed by atoms with Crippen LogP contribution in [0.4, 0.5) is 0 Å². The third kappa shape index (κ3) is 3.45. The third-order valence-electron chi connectivity index (χ3n) is 2.93. The largest absolute Gasteiger partial charge is 0.373 e. The number of hydrogen-bond acceptors (Lipinski definition) is 2. The molecular weight excluding hydrogens is 238 g/mol. The minimum atomic E-state index is 0.0201. The van der Waals surface area contributed by atoms with Gasteiger partial charge in [-0.3, -0.25) is 4.79 Å². The molecule has 1 heterocycles. The van der Waals surface area contributed by atoms with Gasteiger partial charge in [0.1, 0.15) is 0 Å². The first-order chi connectivity index (χ1) is 8.15. The number of rotatable bonds is 2. The summed E-state index contributed by atoms with van der Waals surface area (Å²) in [6.07, 6.45) is 1.75. The Kier molecular flexibility index (Phi) is 4.02. The minimum absolute atomic E-state index is 0.0201. The zero-order valence-corrected chi connectivity index (χ0v) is 10.5. The number of hydrogen-bond donors (Lipinski definition) is 1. The van der Waals surface area contributed by atoms with E-state index < -0.39 is 0 Å². The highest BCUT2D eigenvalue weighted by atomic mass is 35.5. The van der Waals surface area contributed by atoms with Crippen molar-refractivity contribution in [2.24, 2.45) is 0 Å². The molecule has 1 fully saturated rings. The first-order valence-electron chi connectivity index (χ1n) is 5.79. The average Bonchev–Trinajstić information content (AvgIpc) is 2.29.